The van der Waals surface area contributed by atoms with Crippen LogP contribution in [0, 0.1) is 6.92 Å². The Morgan fingerprint density at radius 1 is 1.37 bits per heavy atom. The van der Waals surface area contributed by atoms with Gasteiger partial charge in [0.15, 0.2) is 0 Å². The first-order chi connectivity index (χ1) is 9.02. The fourth-order valence-corrected chi connectivity index (χ4v) is 3.56. The molecular formula is C15H24BrN3. The van der Waals surface area contributed by atoms with Crippen LogP contribution in [0.15, 0.2) is 22.7 Å². The van der Waals surface area contributed by atoms with Gasteiger partial charge in [-0.2, -0.15) is 0 Å². The minimum absolute atomic E-state index is 0.543. The van der Waals surface area contributed by atoms with Gasteiger partial charge in [-0.3, -0.25) is 4.90 Å². The van der Waals surface area contributed by atoms with Gasteiger partial charge in [-0.05, 0) is 67.5 Å². The van der Waals surface area contributed by atoms with Gasteiger partial charge in [0.25, 0.3) is 0 Å². The van der Waals surface area contributed by atoms with Gasteiger partial charge >= 0.3 is 0 Å². The lowest BCUT2D eigenvalue weighted by Crippen LogP contribution is -2.56. The standard InChI is InChI=1S/C15H24BrN3/c1-11-4-5-15(14(16)8-11)19-9-12(2)18(3)13(10-19)6-7-17/h4-5,8,12-13H,6-7,9-10,17H2,1-3H3. The topological polar surface area (TPSA) is 32.5 Å². The van der Waals surface area contributed by atoms with Crippen molar-refractivity contribution in [3.05, 3.63) is 28.2 Å². The van der Waals surface area contributed by atoms with Crippen LogP contribution in [0.5, 0.6) is 0 Å². The fraction of sp³-hybridized carbons (Fsp3) is 0.600. The van der Waals surface area contributed by atoms with E-state index in [-0.39, 0.29) is 0 Å². The molecule has 0 spiro atoms. The Hall–Kier alpha value is -0.580. The van der Waals surface area contributed by atoms with Gasteiger partial charge in [0.05, 0.1) is 5.69 Å². The van der Waals surface area contributed by atoms with Crippen LogP contribution >= 0.6 is 15.9 Å². The van der Waals surface area contributed by atoms with Crippen molar-refractivity contribution in [3.63, 3.8) is 0 Å². The Kier molecular flexibility index (Phi) is 4.87. The molecule has 4 heteroatoms. The van der Waals surface area contributed by atoms with Gasteiger partial charge in [-0.15, -0.1) is 0 Å². The van der Waals surface area contributed by atoms with Crippen LogP contribution in [0.2, 0.25) is 0 Å². The normalized spacial score (nSPS) is 24.8. The number of nitrogens with zero attached hydrogens (tertiary/aromatic N) is 2. The molecule has 2 unspecified atom stereocenters. The predicted molar refractivity (Wildman–Crippen MR) is 85.8 cm³/mol. The summed E-state index contributed by atoms with van der Waals surface area (Å²) < 4.78 is 1.19. The van der Waals surface area contributed by atoms with Crippen LogP contribution in [0.25, 0.3) is 0 Å². The lowest BCUT2D eigenvalue weighted by molar-refractivity contribution is 0.152. The molecule has 2 N–H and O–H groups in total. The summed E-state index contributed by atoms with van der Waals surface area (Å²) in [5, 5.41) is 0. The third kappa shape index (κ3) is 3.30. The van der Waals surface area contributed by atoms with E-state index in [1.807, 2.05) is 0 Å². The number of hydrogen-bond acceptors (Lipinski definition) is 3. The molecule has 1 aromatic carbocycles. The molecule has 0 saturated carbocycles. The van der Waals surface area contributed by atoms with Crippen LogP contribution in [0.4, 0.5) is 5.69 Å². The van der Waals surface area contributed by atoms with E-state index >= 15 is 0 Å². The molecule has 0 aliphatic carbocycles. The van der Waals surface area contributed by atoms with E-state index in [9.17, 15) is 0 Å². The summed E-state index contributed by atoms with van der Waals surface area (Å²) in [7, 11) is 2.21. The Morgan fingerprint density at radius 3 is 2.74 bits per heavy atom. The van der Waals surface area contributed by atoms with Crippen LogP contribution < -0.4 is 10.6 Å². The van der Waals surface area contributed by atoms with Crippen molar-refractivity contribution < 1.29 is 0 Å². The maximum atomic E-state index is 5.75. The highest BCUT2D eigenvalue weighted by Crippen LogP contribution is 2.30. The molecule has 0 bridgehead atoms. The molecule has 2 rings (SSSR count). The van der Waals surface area contributed by atoms with E-state index in [2.05, 4.69) is 64.8 Å². The van der Waals surface area contributed by atoms with Crippen molar-refractivity contribution in [2.24, 2.45) is 5.73 Å². The number of nitrogens with two attached hydrogens (primary N) is 1. The fourth-order valence-electron chi connectivity index (χ4n) is 2.82. The monoisotopic (exact) mass is 325 g/mol. The van der Waals surface area contributed by atoms with Crippen molar-refractivity contribution in [2.45, 2.75) is 32.4 Å². The van der Waals surface area contributed by atoms with Crippen molar-refractivity contribution in [3.8, 4) is 0 Å². The summed E-state index contributed by atoms with van der Waals surface area (Å²) in [5.41, 5.74) is 8.33. The Labute approximate surface area is 124 Å². The largest absolute Gasteiger partial charge is 0.367 e. The quantitative estimate of drug-likeness (QED) is 0.927. The predicted octanol–water partition coefficient (Wildman–Crippen LogP) is 2.62. The minimum Gasteiger partial charge on any atom is -0.367 e. The highest BCUT2D eigenvalue weighted by Gasteiger charge is 2.29. The lowest BCUT2D eigenvalue weighted by atomic mass is 10.0. The molecule has 3 nitrogen and oxygen atoms in total. The molecule has 19 heavy (non-hydrogen) atoms. The Bertz CT molecular complexity index is 435. The molecule has 1 fully saturated rings. The summed E-state index contributed by atoms with van der Waals surface area (Å²) in [6.07, 6.45) is 1.06. The van der Waals surface area contributed by atoms with Crippen molar-refractivity contribution >= 4 is 21.6 Å². The average molecular weight is 326 g/mol. The molecule has 1 heterocycles. The molecule has 106 valence electrons. The molecule has 1 aromatic rings. The van der Waals surface area contributed by atoms with E-state index in [0.29, 0.717) is 12.1 Å². The second-order valence-corrected chi connectivity index (χ2v) is 6.46. The lowest BCUT2D eigenvalue weighted by Gasteiger charge is -2.45. The molecule has 2 atom stereocenters. The third-order valence-electron chi connectivity index (χ3n) is 4.13. The van der Waals surface area contributed by atoms with Gasteiger partial charge in [-0.25, -0.2) is 0 Å². The van der Waals surface area contributed by atoms with Crippen LogP contribution in [0.3, 0.4) is 0 Å². The number of halogens is 1. The van der Waals surface area contributed by atoms with Gasteiger partial charge in [0.1, 0.15) is 0 Å². The van der Waals surface area contributed by atoms with E-state index in [4.69, 9.17) is 5.73 Å². The van der Waals surface area contributed by atoms with Gasteiger partial charge in [-0.1, -0.05) is 6.07 Å². The number of aryl methyl sites for hydroxylation is 1. The number of piperazine rings is 1. The van der Waals surface area contributed by atoms with Crippen LogP contribution in [0.1, 0.15) is 18.9 Å². The second-order valence-electron chi connectivity index (χ2n) is 5.61. The minimum atomic E-state index is 0.543. The van der Waals surface area contributed by atoms with Crippen molar-refractivity contribution in [1.82, 2.24) is 4.90 Å². The first kappa shape index (κ1) is 14.8. The molecular weight excluding hydrogens is 302 g/mol. The highest BCUT2D eigenvalue weighted by atomic mass is 79.9. The van der Waals surface area contributed by atoms with Crippen molar-refractivity contribution in [1.29, 1.82) is 0 Å². The van der Waals surface area contributed by atoms with Crippen LogP contribution in [-0.2, 0) is 0 Å². The molecule has 1 aliphatic rings. The van der Waals surface area contributed by atoms with Gasteiger partial charge in [0.2, 0.25) is 0 Å². The number of rotatable bonds is 3. The first-order valence-electron chi connectivity index (χ1n) is 6.96. The summed E-state index contributed by atoms with van der Waals surface area (Å²) in [6, 6.07) is 7.69. The maximum Gasteiger partial charge on any atom is 0.0511 e. The van der Waals surface area contributed by atoms with E-state index in [0.717, 1.165) is 26.1 Å². The zero-order valence-corrected chi connectivity index (χ0v) is 13.7. The molecule has 1 saturated heterocycles. The molecule has 0 amide bonds. The van der Waals surface area contributed by atoms with E-state index in [1.165, 1.54) is 15.7 Å². The molecule has 0 aromatic heterocycles. The smallest absolute Gasteiger partial charge is 0.0511 e. The van der Waals surface area contributed by atoms with E-state index < -0.39 is 0 Å². The average Bonchev–Trinajstić information content (AvgIpc) is 2.35. The van der Waals surface area contributed by atoms with Crippen LogP contribution in [-0.4, -0.2) is 43.7 Å². The Morgan fingerprint density at radius 2 is 2.11 bits per heavy atom. The number of likely N-dealkylation sites (N-methyl/N-ethyl adjacent to an activating group) is 1. The Balaban J connectivity index is 2.20. The van der Waals surface area contributed by atoms with Gasteiger partial charge in [0, 0.05) is 29.6 Å². The number of benzene rings is 1. The van der Waals surface area contributed by atoms with Crippen molar-refractivity contribution in [2.75, 3.05) is 31.6 Å². The van der Waals surface area contributed by atoms with E-state index in [1.54, 1.807) is 0 Å². The number of hydrogen-bond donors (Lipinski definition) is 1. The molecule has 1 aliphatic heterocycles. The maximum absolute atomic E-state index is 5.75. The summed E-state index contributed by atoms with van der Waals surface area (Å²) in [6.45, 7) is 7.29. The zero-order chi connectivity index (χ0) is 14.0. The SMILES string of the molecule is Cc1ccc(N2CC(C)N(C)C(CCN)C2)c(Br)c1. The first-order valence-corrected chi connectivity index (χ1v) is 7.75. The molecule has 0 radical (unpaired) electrons. The third-order valence-corrected chi connectivity index (χ3v) is 4.77. The zero-order valence-electron chi connectivity index (χ0n) is 12.1. The highest BCUT2D eigenvalue weighted by molar-refractivity contribution is 9.10. The number of anilines is 1. The summed E-state index contributed by atoms with van der Waals surface area (Å²) in [4.78, 5) is 4.94. The van der Waals surface area contributed by atoms with Gasteiger partial charge < -0.3 is 10.6 Å². The summed E-state index contributed by atoms with van der Waals surface area (Å²) >= 11 is 3.70. The second kappa shape index (κ2) is 6.25. The summed E-state index contributed by atoms with van der Waals surface area (Å²) in [5.74, 6) is 0.